The van der Waals surface area contributed by atoms with Crippen LogP contribution >= 0.6 is 0 Å². The fourth-order valence-electron chi connectivity index (χ4n) is 20.7. The zero-order valence-electron chi connectivity index (χ0n) is 58.7. The maximum Gasteiger partial charge on any atom is 0.407 e. The number of carbonyl (C=O) groups excluding carboxylic acids is 2. The van der Waals surface area contributed by atoms with Crippen LogP contribution in [0.1, 0.15) is 262 Å². The smallest absolute Gasteiger partial charge is 0.407 e. The summed E-state index contributed by atoms with van der Waals surface area (Å²) in [5.41, 5.74) is 15.9. The summed E-state index contributed by atoms with van der Waals surface area (Å²) in [6, 6.07) is 0. The lowest BCUT2D eigenvalue weighted by Gasteiger charge is -2.58. The van der Waals surface area contributed by atoms with Gasteiger partial charge in [-0.05, 0) is 299 Å². The Morgan fingerprint density at radius 1 is 0.443 bits per heavy atom. The molecule has 8 aliphatic carbocycles. The van der Waals surface area contributed by atoms with E-state index in [2.05, 4.69) is 113 Å². The number of hydrogen-bond donors (Lipinski definition) is 8. The van der Waals surface area contributed by atoms with Gasteiger partial charge in [-0.3, -0.25) is 0 Å². The second kappa shape index (κ2) is 36.4. The van der Waals surface area contributed by atoms with E-state index in [0.717, 1.165) is 201 Å². The molecular formula is C76H140N8O4. The van der Waals surface area contributed by atoms with E-state index in [0.29, 0.717) is 34.7 Å². The second-order valence-corrected chi connectivity index (χ2v) is 32.4. The van der Waals surface area contributed by atoms with Crippen molar-refractivity contribution in [2.45, 2.75) is 274 Å². The highest BCUT2D eigenvalue weighted by Gasteiger charge is 2.61. The molecule has 508 valence electrons. The van der Waals surface area contributed by atoms with Gasteiger partial charge in [-0.1, -0.05) is 131 Å². The van der Waals surface area contributed by atoms with Crippen LogP contribution in [0.3, 0.4) is 0 Å². The number of fused-ring (bicyclic) bond motifs is 10. The van der Waals surface area contributed by atoms with E-state index in [9.17, 15) is 9.59 Å². The minimum absolute atomic E-state index is 0.0257. The Balaban J connectivity index is 0.000000251. The number of alkyl carbamates (subject to hydrolysis) is 2. The van der Waals surface area contributed by atoms with Crippen LogP contribution in [0.5, 0.6) is 0 Å². The number of hydrogen-bond acceptors (Lipinski definition) is 10. The minimum atomic E-state index is -0.234. The summed E-state index contributed by atoms with van der Waals surface area (Å²) in [7, 11) is 0. The van der Waals surface area contributed by atoms with Crippen molar-refractivity contribution in [2.24, 2.45) is 104 Å². The van der Waals surface area contributed by atoms with Gasteiger partial charge in [-0.25, -0.2) is 9.59 Å². The van der Waals surface area contributed by atoms with E-state index in [1.807, 2.05) is 0 Å². The monoisotopic (exact) mass is 1230 g/mol. The van der Waals surface area contributed by atoms with Gasteiger partial charge in [0, 0.05) is 25.9 Å². The molecule has 0 bridgehead atoms. The van der Waals surface area contributed by atoms with Crippen LogP contribution in [0.15, 0.2) is 23.3 Å². The lowest BCUT2D eigenvalue weighted by atomic mass is 9.47. The van der Waals surface area contributed by atoms with Crippen molar-refractivity contribution < 1.29 is 19.1 Å². The van der Waals surface area contributed by atoms with Gasteiger partial charge in [0.15, 0.2) is 0 Å². The van der Waals surface area contributed by atoms with Gasteiger partial charge in [0.25, 0.3) is 0 Å². The number of nitrogens with one attached hydrogen (secondary N) is 6. The van der Waals surface area contributed by atoms with Gasteiger partial charge in [0.05, 0.1) is 0 Å². The van der Waals surface area contributed by atoms with E-state index >= 15 is 0 Å². The highest BCUT2D eigenvalue weighted by atomic mass is 16.6. The van der Waals surface area contributed by atoms with Crippen molar-refractivity contribution in [1.29, 1.82) is 0 Å². The highest BCUT2D eigenvalue weighted by Crippen LogP contribution is 2.69. The van der Waals surface area contributed by atoms with Crippen LogP contribution in [0.25, 0.3) is 0 Å². The maximum absolute atomic E-state index is 12.6. The molecule has 0 aromatic rings. The first kappa shape index (κ1) is 73.2. The van der Waals surface area contributed by atoms with Crippen LogP contribution < -0.4 is 43.4 Å². The Morgan fingerprint density at radius 2 is 0.818 bits per heavy atom. The summed E-state index contributed by atoms with van der Waals surface area (Å²) in [4.78, 5) is 25.2. The summed E-state index contributed by atoms with van der Waals surface area (Å²) in [5.74, 6) is 10.3. The molecule has 2 amide bonds. The molecule has 6 saturated carbocycles. The molecule has 8 rings (SSSR count). The molecule has 88 heavy (non-hydrogen) atoms. The zero-order valence-corrected chi connectivity index (χ0v) is 58.7. The Bertz CT molecular complexity index is 1960. The predicted octanol–water partition coefficient (Wildman–Crippen LogP) is 15.6. The van der Waals surface area contributed by atoms with Crippen LogP contribution in [0.4, 0.5) is 9.59 Å². The number of amides is 2. The van der Waals surface area contributed by atoms with Crippen molar-refractivity contribution in [3.63, 3.8) is 0 Å². The first-order chi connectivity index (χ1) is 42.4. The summed E-state index contributed by atoms with van der Waals surface area (Å²) in [6.45, 7) is 36.1. The molecule has 8 aliphatic rings. The third-order valence-corrected chi connectivity index (χ3v) is 25.7. The van der Waals surface area contributed by atoms with Gasteiger partial charge >= 0.3 is 12.2 Å². The van der Waals surface area contributed by atoms with Gasteiger partial charge in [-0.2, -0.15) is 0 Å². The molecule has 0 radical (unpaired) electrons. The van der Waals surface area contributed by atoms with Crippen molar-refractivity contribution in [2.75, 3.05) is 78.5 Å². The maximum atomic E-state index is 12.6. The Morgan fingerprint density at radius 3 is 1.22 bits per heavy atom. The summed E-state index contributed by atoms with van der Waals surface area (Å²) in [5, 5.41) is 19.9. The van der Waals surface area contributed by atoms with Gasteiger partial charge < -0.3 is 52.8 Å². The van der Waals surface area contributed by atoms with Crippen LogP contribution in [0.2, 0.25) is 0 Å². The molecule has 0 saturated heterocycles. The second-order valence-electron chi connectivity index (χ2n) is 32.4. The largest absolute Gasteiger partial charge is 0.446 e. The number of unbranched alkanes of at least 4 members (excludes halogenated alkanes) is 2. The van der Waals surface area contributed by atoms with E-state index in [1.54, 1.807) is 11.1 Å². The third kappa shape index (κ3) is 19.9. The first-order valence-corrected chi connectivity index (χ1v) is 37.9. The molecule has 6 fully saturated rings. The number of carbonyl (C=O) groups is 2. The number of ether oxygens (including phenoxy) is 2. The molecule has 0 heterocycles. The van der Waals surface area contributed by atoms with Crippen molar-refractivity contribution in [3.05, 3.63) is 23.3 Å². The average molecular weight is 1230 g/mol. The molecule has 16 atom stereocenters. The van der Waals surface area contributed by atoms with Crippen molar-refractivity contribution in [3.8, 4) is 0 Å². The van der Waals surface area contributed by atoms with Crippen LogP contribution in [0, 0.1) is 92.7 Å². The topological polar surface area (TPSA) is 177 Å². The summed E-state index contributed by atoms with van der Waals surface area (Å²) < 4.78 is 11.9. The Kier molecular flexibility index (Phi) is 30.3. The summed E-state index contributed by atoms with van der Waals surface area (Å²) in [6.07, 6.45) is 42.0. The highest BCUT2D eigenvalue weighted by molar-refractivity contribution is 5.67. The molecule has 0 spiro atoms. The molecule has 10 N–H and O–H groups in total. The van der Waals surface area contributed by atoms with Gasteiger partial charge in [0.1, 0.15) is 12.2 Å². The molecule has 16 unspecified atom stereocenters. The van der Waals surface area contributed by atoms with E-state index in [-0.39, 0.29) is 24.4 Å². The van der Waals surface area contributed by atoms with E-state index < -0.39 is 0 Å². The lowest BCUT2D eigenvalue weighted by Crippen LogP contribution is -2.51. The molecule has 0 aliphatic heterocycles. The number of rotatable bonds is 36. The Labute approximate surface area is 540 Å². The van der Waals surface area contributed by atoms with Crippen LogP contribution in [-0.4, -0.2) is 103 Å². The number of allylic oxidation sites excluding steroid dienone is 2. The fraction of sp³-hybridized carbons (Fsp3) is 0.921. The molecule has 0 aromatic carbocycles. The third-order valence-electron chi connectivity index (χ3n) is 25.7. The molecule has 12 nitrogen and oxygen atoms in total. The van der Waals surface area contributed by atoms with Crippen LogP contribution in [-0.2, 0) is 9.47 Å². The van der Waals surface area contributed by atoms with Crippen molar-refractivity contribution in [1.82, 2.24) is 31.9 Å². The zero-order chi connectivity index (χ0) is 63.2. The summed E-state index contributed by atoms with van der Waals surface area (Å²) >= 11 is 0. The average Bonchev–Trinajstić information content (AvgIpc) is 1.35. The fourth-order valence-corrected chi connectivity index (χ4v) is 20.7. The van der Waals surface area contributed by atoms with Crippen molar-refractivity contribution >= 4 is 12.2 Å². The lowest BCUT2D eigenvalue weighted by molar-refractivity contribution is -0.0581. The first-order valence-electron chi connectivity index (χ1n) is 37.9. The molecule has 0 aromatic heterocycles. The SMILES string of the molecule is CC(C)CCCC(C)C1CCC2C3CC=C4CC(OC(=O)NCCCNCCCCNCCCN)CCC4(C)C3CCC12C.CC(C)CCCC(C)C1CCC2C3CC=C4CC(OC(=O)NCCCNCCCNCCCCN)CCC4(C)C3CCC12C. The normalized spacial score (nSPS) is 33.7. The van der Waals surface area contributed by atoms with Gasteiger partial charge in [-0.15, -0.1) is 0 Å². The number of nitrogens with two attached hydrogens (primary N) is 2. The standard InChI is InChI=1S/2C38H70N4O2/c1-28(2)11-8-12-29(3)33-15-16-34-32-14-13-30-27-31(17-19-37(30,4)35(32)18-20-38(33,34)5)44-36(43)42-26-10-25-41-23-7-6-22-40-24-9-21-39;1-28(2)11-8-12-29(3)33-15-16-34-32-14-13-30-27-31(17-19-37(30,4)35(32)18-20-38(33,34)5)44-36(43)42-26-10-25-41-24-9-23-40-22-7-6-21-39/h2*13,28-29,31-35,40-41H,6-12,14-27,39H2,1-5H3,(H,42,43). The minimum Gasteiger partial charge on any atom is -0.446 e. The predicted molar refractivity (Wildman–Crippen MR) is 369 cm³/mol. The Hall–Kier alpha value is -2.22. The quantitative estimate of drug-likeness (QED) is 0.0223. The van der Waals surface area contributed by atoms with E-state index in [1.165, 1.54) is 128 Å². The van der Waals surface area contributed by atoms with E-state index in [4.69, 9.17) is 20.9 Å². The molecule has 12 heteroatoms. The molecular weight excluding hydrogens is 1090 g/mol. The van der Waals surface area contributed by atoms with Gasteiger partial charge in [0.2, 0.25) is 0 Å².